The van der Waals surface area contributed by atoms with Gasteiger partial charge < -0.3 is 11.1 Å². The van der Waals surface area contributed by atoms with Crippen molar-refractivity contribution in [3.63, 3.8) is 0 Å². The summed E-state index contributed by atoms with van der Waals surface area (Å²) in [5.74, 6) is 0.490. The van der Waals surface area contributed by atoms with Crippen LogP contribution in [-0.4, -0.2) is 20.7 Å². The van der Waals surface area contributed by atoms with Gasteiger partial charge in [0.15, 0.2) is 5.82 Å². The molecule has 2 heterocycles. The fourth-order valence-electron chi connectivity index (χ4n) is 3.21. The Morgan fingerprint density at radius 1 is 1.26 bits per heavy atom. The number of hydrogen-bond donors (Lipinski definition) is 2. The molecule has 0 saturated carbocycles. The maximum absolute atomic E-state index is 12.2. The summed E-state index contributed by atoms with van der Waals surface area (Å²) in [5.41, 5.74) is 8.37. The zero-order chi connectivity index (χ0) is 19.1. The number of carbonyl (C=O) groups excluding carboxylic acids is 1. The van der Waals surface area contributed by atoms with Crippen LogP contribution in [0.15, 0.2) is 64.3 Å². The van der Waals surface area contributed by atoms with E-state index in [4.69, 9.17) is 17.3 Å². The van der Waals surface area contributed by atoms with E-state index < -0.39 is 11.9 Å². The first-order valence-electron chi connectivity index (χ1n) is 8.20. The number of aromatic nitrogens is 3. The fourth-order valence-corrected chi connectivity index (χ4v) is 3.85. The van der Waals surface area contributed by atoms with Crippen LogP contribution in [0.3, 0.4) is 0 Å². The topological polar surface area (TPSA) is 85.8 Å². The Hall–Kier alpha value is -2.64. The lowest BCUT2D eigenvalue weighted by atomic mass is 9.95. The molecule has 1 amide bonds. The smallest absolute Gasteiger partial charge is 0.248 e. The predicted molar refractivity (Wildman–Crippen MR) is 108 cm³/mol. The van der Waals surface area contributed by atoms with Gasteiger partial charge in [-0.2, -0.15) is 4.98 Å². The maximum Gasteiger partial charge on any atom is 0.248 e. The standard InChI is InChI=1S/C19H15BrClN5O/c1-10-15(17(22)27)16(11-5-4-6-12(20)9-11)26-19(23-10)24-18(25-26)13-7-2-3-8-14(13)21/h2-9,16H,1H3,(H2,22,27)(H,23,24,25)/t16-/m0/s1. The number of carbonyl (C=O) groups is 1. The third-order valence-electron chi connectivity index (χ3n) is 4.40. The van der Waals surface area contributed by atoms with Gasteiger partial charge in [-0.1, -0.05) is 51.8 Å². The van der Waals surface area contributed by atoms with Crippen LogP contribution >= 0.6 is 27.5 Å². The summed E-state index contributed by atoms with van der Waals surface area (Å²) in [4.78, 5) is 16.8. The number of primary amides is 1. The van der Waals surface area contributed by atoms with Gasteiger partial charge in [0.2, 0.25) is 11.9 Å². The van der Waals surface area contributed by atoms with Crippen molar-refractivity contribution < 1.29 is 4.79 Å². The summed E-state index contributed by atoms with van der Waals surface area (Å²) in [6, 6.07) is 14.6. The van der Waals surface area contributed by atoms with E-state index in [-0.39, 0.29) is 0 Å². The van der Waals surface area contributed by atoms with Gasteiger partial charge in [-0.05, 0) is 36.8 Å². The molecule has 0 radical (unpaired) electrons. The normalized spacial score (nSPS) is 16.0. The van der Waals surface area contributed by atoms with E-state index in [2.05, 4.69) is 31.3 Å². The van der Waals surface area contributed by atoms with Crippen molar-refractivity contribution in [2.75, 3.05) is 5.32 Å². The second-order valence-electron chi connectivity index (χ2n) is 6.17. The van der Waals surface area contributed by atoms with Crippen LogP contribution in [0.25, 0.3) is 11.4 Å². The van der Waals surface area contributed by atoms with Gasteiger partial charge >= 0.3 is 0 Å². The zero-order valence-corrected chi connectivity index (χ0v) is 16.6. The number of rotatable bonds is 3. The molecule has 0 spiro atoms. The Morgan fingerprint density at radius 3 is 2.74 bits per heavy atom. The van der Waals surface area contributed by atoms with Crippen molar-refractivity contribution in [2.24, 2.45) is 5.73 Å². The van der Waals surface area contributed by atoms with Crippen LogP contribution in [0.2, 0.25) is 5.02 Å². The molecule has 0 saturated heterocycles. The molecule has 0 unspecified atom stereocenters. The van der Waals surface area contributed by atoms with Crippen molar-refractivity contribution in [3.05, 3.63) is 74.9 Å². The molecule has 2 aromatic carbocycles. The van der Waals surface area contributed by atoms with E-state index in [0.29, 0.717) is 33.6 Å². The molecule has 3 N–H and O–H groups in total. The number of halogens is 2. The molecule has 0 fully saturated rings. The van der Waals surface area contributed by atoms with E-state index in [1.165, 1.54) is 0 Å². The van der Waals surface area contributed by atoms with Gasteiger partial charge in [0.1, 0.15) is 6.04 Å². The van der Waals surface area contributed by atoms with E-state index >= 15 is 0 Å². The lowest BCUT2D eigenvalue weighted by Gasteiger charge is -2.27. The van der Waals surface area contributed by atoms with Crippen molar-refractivity contribution >= 4 is 39.4 Å². The highest BCUT2D eigenvalue weighted by atomic mass is 79.9. The fraction of sp³-hybridized carbons (Fsp3) is 0.105. The summed E-state index contributed by atoms with van der Waals surface area (Å²) >= 11 is 9.79. The quantitative estimate of drug-likeness (QED) is 0.636. The number of anilines is 1. The molecule has 27 heavy (non-hydrogen) atoms. The molecular weight excluding hydrogens is 430 g/mol. The molecule has 1 atom stereocenters. The second-order valence-corrected chi connectivity index (χ2v) is 7.49. The second kappa shape index (κ2) is 6.83. The number of amides is 1. The van der Waals surface area contributed by atoms with Crippen LogP contribution in [-0.2, 0) is 4.79 Å². The van der Waals surface area contributed by atoms with Crippen LogP contribution in [0, 0.1) is 0 Å². The van der Waals surface area contributed by atoms with E-state index in [1.807, 2.05) is 42.5 Å². The van der Waals surface area contributed by atoms with Crippen molar-refractivity contribution in [1.82, 2.24) is 14.8 Å². The highest BCUT2D eigenvalue weighted by Crippen LogP contribution is 2.37. The Labute approximate surface area is 169 Å². The van der Waals surface area contributed by atoms with E-state index in [1.54, 1.807) is 17.7 Å². The highest BCUT2D eigenvalue weighted by molar-refractivity contribution is 9.10. The summed E-state index contributed by atoms with van der Waals surface area (Å²) in [7, 11) is 0. The van der Waals surface area contributed by atoms with Gasteiger partial charge in [0.05, 0.1) is 10.6 Å². The van der Waals surface area contributed by atoms with Crippen molar-refractivity contribution in [2.45, 2.75) is 13.0 Å². The number of nitrogens with one attached hydrogen (secondary N) is 1. The van der Waals surface area contributed by atoms with Crippen LogP contribution in [0.5, 0.6) is 0 Å². The largest absolute Gasteiger partial charge is 0.366 e. The molecule has 136 valence electrons. The average Bonchev–Trinajstić information content (AvgIpc) is 3.03. The number of nitrogens with two attached hydrogens (primary N) is 1. The Morgan fingerprint density at radius 2 is 2.04 bits per heavy atom. The number of fused-ring (bicyclic) bond motifs is 1. The van der Waals surface area contributed by atoms with Crippen LogP contribution < -0.4 is 11.1 Å². The van der Waals surface area contributed by atoms with Crippen LogP contribution in [0.4, 0.5) is 5.95 Å². The minimum absolute atomic E-state index is 0.441. The Bertz CT molecular complexity index is 1090. The summed E-state index contributed by atoms with van der Waals surface area (Å²) in [6.45, 7) is 1.80. The average molecular weight is 445 g/mol. The summed E-state index contributed by atoms with van der Waals surface area (Å²) < 4.78 is 2.57. The van der Waals surface area contributed by atoms with Crippen LogP contribution in [0.1, 0.15) is 18.5 Å². The Balaban J connectivity index is 1.91. The molecule has 0 bridgehead atoms. The predicted octanol–water partition coefficient (Wildman–Crippen LogP) is 4.14. The minimum Gasteiger partial charge on any atom is -0.366 e. The van der Waals surface area contributed by atoms with Gasteiger partial charge in [-0.25, -0.2) is 4.68 Å². The SMILES string of the molecule is CC1=C(C(N)=O)[C@H](c2cccc(Br)c2)n2nc(-c3ccccc3Cl)nc2N1. The monoisotopic (exact) mass is 443 g/mol. The summed E-state index contributed by atoms with van der Waals surface area (Å²) in [6.07, 6.45) is 0. The molecule has 8 heteroatoms. The highest BCUT2D eigenvalue weighted by Gasteiger charge is 2.33. The molecular formula is C19H15BrClN5O. The zero-order valence-electron chi connectivity index (χ0n) is 14.3. The Kier molecular flexibility index (Phi) is 4.49. The van der Waals surface area contributed by atoms with E-state index in [0.717, 1.165) is 10.0 Å². The third kappa shape index (κ3) is 3.13. The molecule has 0 aliphatic carbocycles. The van der Waals surface area contributed by atoms with E-state index in [9.17, 15) is 4.79 Å². The van der Waals surface area contributed by atoms with Gasteiger partial charge in [0, 0.05) is 15.7 Å². The lowest BCUT2D eigenvalue weighted by Crippen LogP contribution is -2.31. The molecule has 1 aliphatic heterocycles. The molecule has 4 rings (SSSR count). The van der Waals surface area contributed by atoms with Crippen molar-refractivity contribution in [1.29, 1.82) is 0 Å². The number of nitrogens with zero attached hydrogens (tertiary/aromatic N) is 3. The molecule has 3 aromatic rings. The first-order chi connectivity index (χ1) is 13.0. The number of hydrogen-bond acceptors (Lipinski definition) is 4. The first-order valence-corrected chi connectivity index (χ1v) is 9.37. The van der Waals surface area contributed by atoms with Gasteiger partial charge in [-0.3, -0.25) is 4.79 Å². The van der Waals surface area contributed by atoms with Gasteiger partial charge in [0.25, 0.3) is 0 Å². The lowest BCUT2D eigenvalue weighted by molar-refractivity contribution is -0.115. The maximum atomic E-state index is 12.2. The minimum atomic E-state index is -0.509. The van der Waals surface area contributed by atoms with Gasteiger partial charge in [-0.15, -0.1) is 5.10 Å². The number of benzene rings is 2. The molecule has 6 nitrogen and oxygen atoms in total. The summed E-state index contributed by atoms with van der Waals surface area (Å²) in [5, 5.41) is 8.32. The first kappa shape index (κ1) is 17.8. The van der Waals surface area contributed by atoms with Crippen molar-refractivity contribution in [3.8, 4) is 11.4 Å². The third-order valence-corrected chi connectivity index (χ3v) is 5.22. The number of allylic oxidation sites excluding steroid dienone is 1. The molecule has 1 aromatic heterocycles. The molecule has 1 aliphatic rings.